The molecule has 0 aliphatic carbocycles. The first-order chi connectivity index (χ1) is 13.6. The minimum atomic E-state index is -3.52. The quantitative estimate of drug-likeness (QED) is 0.577. The van der Waals surface area contributed by atoms with E-state index in [1.807, 2.05) is 24.4 Å². The molecule has 1 fully saturated rings. The lowest BCUT2D eigenvalue weighted by Crippen LogP contribution is -2.38. The SMILES string of the molecule is O=S(=O)(c1ccc2ncccc2c1)N1CCC(c2cc3[nH]ncc3cn2)CC1. The van der Waals surface area contributed by atoms with Gasteiger partial charge >= 0.3 is 0 Å². The minimum absolute atomic E-state index is 0.250. The first-order valence-electron chi connectivity index (χ1n) is 9.25. The first kappa shape index (κ1) is 17.3. The van der Waals surface area contributed by atoms with E-state index in [9.17, 15) is 8.42 Å². The van der Waals surface area contributed by atoms with Gasteiger partial charge in [0.1, 0.15) is 0 Å². The third kappa shape index (κ3) is 2.94. The summed E-state index contributed by atoms with van der Waals surface area (Å²) in [5, 5.41) is 8.81. The molecular formula is C20H19N5O2S. The number of aromatic nitrogens is 4. The van der Waals surface area contributed by atoms with Crippen LogP contribution in [-0.4, -0.2) is 46.0 Å². The van der Waals surface area contributed by atoms with Crippen molar-refractivity contribution in [3.63, 3.8) is 0 Å². The van der Waals surface area contributed by atoms with Crippen LogP contribution in [0.15, 0.2) is 59.9 Å². The Morgan fingerprint density at radius 3 is 2.71 bits per heavy atom. The van der Waals surface area contributed by atoms with Crippen molar-refractivity contribution in [1.29, 1.82) is 0 Å². The van der Waals surface area contributed by atoms with Crippen LogP contribution in [-0.2, 0) is 10.0 Å². The molecule has 28 heavy (non-hydrogen) atoms. The Morgan fingerprint density at radius 1 is 1.00 bits per heavy atom. The fraction of sp³-hybridized carbons (Fsp3) is 0.250. The molecule has 5 rings (SSSR count). The number of sulfonamides is 1. The molecule has 1 N–H and O–H groups in total. The maximum absolute atomic E-state index is 13.1. The molecule has 0 radical (unpaired) electrons. The number of aromatic amines is 1. The standard InChI is InChI=1S/C20H19N5O2S/c26-28(27,17-3-4-18-15(10-17)2-1-7-21-18)25-8-5-14(6-9-25)19-11-20-16(12-22-19)13-23-24-20/h1-4,7,10-14H,5-6,8-9H2,(H,23,24). The molecule has 3 aromatic heterocycles. The summed E-state index contributed by atoms with van der Waals surface area (Å²) < 4.78 is 27.8. The molecule has 0 unspecified atom stereocenters. The van der Waals surface area contributed by atoms with E-state index < -0.39 is 10.0 Å². The number of pyridine rings is 2. The zero-order valence-electron chi connectivity index (χ0n) is 15.1. The van der Waals surface area contributed by atoms with Gasteiger partial charge in [0.15, 0.2) is 0 Å². The lowest BCUT2D eigenvalue weighted by Gasteiger charge is -2.31. The second-order valence-electron chi connectivity index (χ2n) is 7.10. The molecule has 4 aromatic rings. The van der Waals surface area contributed by atoms with Crippen LogP contribution in [0.5, 0.6) is 0 Å². The van der Waals surface area contributed by atoms with E-state index in [2.05, 4.69) is 20.2 Å². The van der Waals surface area contributed by atoms with Gasteiger partial charge in [-0.3, -0.25) is 15.1 Å². The minimum Gasteiger partial charge on any atom is -0.278 e. The summed E-state index contributed by atoms with van der Waals surface area (Å²) in [6, 6.07) is 10.8. The molecular weight excluding hydrogens is 374 g/mol. The first-order valence-corrected chi connectivity index (χ1v) is 10.7. The van der Waals surface area contributed by atoms with Crippen LogP contribution in [0.25, 0.3) is 21.8 Å². The fourth-order valence-corrected chi connectivity index (χ4v) is 5.34. The predicted molar refractivity (Wildman–Crippen MR) is 106 cm³/mol. The second kappa shape index (κ2) is 6.65. The number of nitrogens with one attached hydrogen (secondary N) is 1. The van der Waals surface area contributed by atoms with Crippen LogP contribution < -0.4 is 0 Å². The van der Waals surface area contributed by atoms with Crippen LogP contribution in [0.3, 0.4) is 0 Å². The summed E-state index contributed by atoms with van der Waals surface area (Å²) in [4.78, 5) is 9.13. The van der Waals surface area contributed by atoms with Gasteiger partial charge in [-0.25, -0.2) is 8.42 Å². The van der Waals surface area contributed by atoms with Gasteiger partial charge in [0.05, 0.1) is 22.1 Å². The highest BCUT2D eigenvalue weighted by molar-refractivity contribution is 7.89. The van der Waals surface area contributed by atoms with E-state index >= 15 is 0 Å². The van der Waals surface area contributed by atoms with E-state index in [-0.39, 0.29) is 5.92 Å². The molecule has 4 heterocycles. The molecule has 0 amide bonds. The van der Waals surface area contributed by atoms with Gasteiger partial charge in [-0.2, -0.15) is 9.40 Å². The predicted octanol–water partition coefficient (Wildman–Crippen LogP) is 3.07. The van der Waals surface area contributed by atoms with Crippen molar-refractivity contribution in [3.05, 3.63) is 60.7 Å². The molecule has 142 valence electrons. The maximum atomic E-state index is 13.1. The van der Waals surface area contributed by atoms with E-state index in [1.54, 1.807) is 34.9 Å². The van der Waals surface area contributed by atoms with Gasteiger partial charge in [-0.15, -0.1) is 0 Å². The number of H-pyrrole nitrogens is 1. The Bertz CT molecular complexity index is 1260. The molecule has 0 spiro atoms. The van der Waals surface area contributed by atoms with E-state index in [0.717, 1.165) is 40.3 Å². The molecule has 1 aliphatic rings. The number of nitrogens with zero attached hydrogens (tertiary/aromatic N) is 4. The van der Waals surface area contributed by atoms with Crippen molar-refractivity contribution in [2.75, 3.05) is 13.1 Å². The zero-order valence-corrected chi connectivity index (χ0v) is 15.9. The topological polar surface area (TPSA) is 91.8 Å². The van der Waals surface area contributed by atoms with Crippen molar-refractivity contribution in [1.82, 2.24) is 24.5 Å². The van der Waals surface area contributed by atoms with Crippen LogP contribution in [0, 0.1) is 0 Å². The second-order valence-corrected chi connectivity index (χ2v) is 9.04. The van der Waals surface area contributed by atoms with Crippen molar-refractivity contribution >= 4 is 31.8 Å². The molecule has 1 aromatic carbocycles. The molecule has 0 atom stereocenters. The lowest BCUT2D eigenvalue weighted by molar-refractivity contribution is 0.317. The maximum Gasteiger partial charge on any atom is 0.243 e. The lowest BCUT2D eigenvalue weighted by atomic mass is 9.94. The number of benzene rings is 1. The summed E-state index contributed by atoms with van der Waals surface area (Å²) in [6.07, 6.45) is 6.78. The fourth-order valence-electron chi connectivity index (χ4n) is 3.83. The van der Waals surface area contributed by atoms with Gasteiger partial charge in [-0.05, 0) is 43.2 Å². The van der Waals surface area contributed by atoms with Crippen LogP contribution in [0.4, 0.5) is 0 Å². The smallest absolute Gasteiger partial charge is 0.243 e. The summed E-state index contributed by atoms with van der Waals surface area (Å²) in [6.45, 7) is 0.974. The average Bonchev–Trinajstić information content (AvgIpc) is 3.21. The largest absolute Gasteiger partial charge is 0.278 e. The Balaban J connectivity index is 1.36. The van der Waals surface area contributed by atoms with Crippen LogP contribution >= 0.6 is 0 Å². The highest BCUT2D eigenvalue weighted by Crippen LogP contribution is 2.31. The van der Waals surface area contributed by atoms with Gasteiger partial charge in [0.2, 0.25) is 10.0 Å². The Labute approximate surface area is 162 Å². The highest BCUT2D eigenvalue weighted by Gasteiger charge is 2.30. The van der Waals surface area contributed by atoms with Crippen molar-refractivity contribution in [2.24, 2.45) is 0 Å². The molecule has 1 saturated heterocycles. The summed E-state index contributed by atoms with van der Waals surface area (Å²) in [7, 11) is -3.52. The summed E-state index contributed by atoms with van der Waals surface area (Å²) >= 11 is 0. The van der Waals surface area contributed by atoms with Crippen LogP contribution in [0.1, 0.15) is 24.5 Å². The van der Waals surface area contributed by atoms with E-state index in [0.29, 0.717) is 18.0 Å². The van der Waals surface area contributed by atoms with Gasteiger partial charge in [0.25, 0.3) is 0 Å². The molecule has 0 saturated carbocycles. The number of rotatable bonds is 3. The normalized spacial score (nSPS) is 16.7. The van der Waals surface area contributed by atoms with Gasteiger partial charge in [-0.1, -0.05) is 6.07 Å². The van der Waals surface area contributed by atoms with Crippen molar-refractivity contribution in [2.45, 2.75) is 23.7 Å². The van der Waals surface area contributed by atoms with Crippen molar-refractivity contribution < 1.29 is 8.42 Å². The number of hydrogen-bond donors (Lipinski definition) is 1. The molecule has 8 heteroatoms. The Kier molecular flexibility index (Phi) is 4.10. The van der Waals surface area contributed by atoms with Gasteiger partial charge in [0, 0.05) is 47.9 Å². The molecule has 1 aliphatic heterocycles. The zero-order chi connectivity index (χ0) is 19.1. The van der Waals surface area contributed by atoms with E-state index in [4.69, 9.17) is 0 Å². The third-order valence-corrected chi connectivity index (χ3v) is 7.32. The van der Waals surface area contributed by atoms with E-state index in [1.165, 1.54) is 0 Å². The number of piperidine rings is 1. The molecule has 7 nitrogen and oxygen atoms in total. The van der Waals surface area contributed by atoms with Crippen molar-refractivity contribution in [3.8, 4) is 0 Å². The number of fused-ring (bicyclic) bond motifs is 2. The third-order valence-electron chi connectivity index (χ3n) is 5.43. The monoisotopic (exact) mass is 393 g/mol. The highest BCUT2D eigenvalue weighted by atomic mass is 32.2. The Morgan fingerprint density at radius 2 is 1.86 bits per heavy atom. The average molecular weight is 393 g/mol. The molecule has 0 bridgehead atoms. The van der Waals surface area contributed by atoms with Crippen LogP contribution in [0.2, 0.25) is 0 Å². The number of hydrogen-bond acceptors (Lipinski definition) is 5. The summed E-state index contributed by atoms with van der Waals surface area (Å²) in [5.41, 5.74) is 2.75. The summed E-state index contributed by atoms with van der Waals surface area (Å²) in [5.74, 6) is 0.250. The Hall–Kier alpha value is -2.84. The van der Waals surface area contributed by atoms with Gasteiger partial charge < -0.3 is 0 Å².